The topological polar surface area (TPSA) is 98.8 Å². The van der Waals surface area contributed by atoms with Crippen LogP contribution < -0.4 is 10.6 Å². The van der Waals surface area contributed by atoms with Gasteiger partial charge in [0.1, 0.15) is 5.75 Å². The Hall–Kier alpha value is -3.68. The molecule has 0 fully saturated rings. The zero-order valence-corrected chi connectivity index (χ0v) is 13.8. The van der Waals surface area contributed by atoms with Gasteiger partial charge in [-0.3, -0.25) is 5.10 Å². The molecule has 0 amide bonds. The van der Waals surface area contributed by atoms with E-state index in [4.69, 9.17) is 0 Å². The van der Waals surface area contributed by atoms with Crippen molar-refractivity contribution in [3.8, 4) is 5.75 Å². The molecular formula is C18H15FN6O. The lowest BCUT2D eigenvalue weighted by molar-refractivity contribution is 0.475. The summed E-state index contributed by atoms with van der Waals surface area (Å²) in [6.07, 6.45) is 1.09. The van der Waals surface area contributed by atoms with Crippen LogP contribution in [0.2, 0.25) is 0 Å². The van der Waals surface area contributed by atoms with E-state index in [0.29, 0.717) is 5.69 Å². The molecule has 0 aliphatic heterocycles. The van der Waals surface area contributed by atoms with Crippen LogP contribution in [-0.4, -0.2) is 25.3 Å². The predicted molar refractivity (Wildman–Crippen MR) is 97.5 cm³/mol. The highest BCUT2D eigenvalue weighted by Crippen LogP contribution is 2.24. The summed E-state index contributed by atoms with van der Waals surface area (Å²) in [4.78, 5) is 8.14. The van der Waals surface area contributed by atoms with E-state index in [9.17, 15) is 9.50 Å². The van der Waals surface area contributed by atoms with Crippen LogP contribution in [0.3, 0.4) is 0 Å². The molecule has 4 N–H and O–H groups in total. The van der Waals surface area contributed by atoms with Gasteiger partial charge in [0, 0.05) is 28.5 Å². The number of aromatic amines is 1. The Balaban J connectivity index is 1.61. The maximum atomic E-state index is 14.0. The van der Waals surface area contributed by atoms with E-state index >= 15 is 0 Å². The first kappa shape index (κ1) is 15.8. The molecule has 0 saturated heterocycles. The number of hydrogen-bond donors (Lipinski definition) is 4. The summed E-state index contributed by atoms with van der Waals surface area (Å²) in [5.74, 6) is -0.269. The van der Waals surface area contributed by atoms with Crippen molar-refractivity contribution >= 4 is 34.0 Å². The van der Waals surface area contributed by atoms with Crippen LogP contribution >= 0.6 is 0 Å². The smallest absolute Gasteiger partial charge is 0.229 e. The van der Waals surface area contributed by atoms with Crippen LogP contribution in [0.4, 0.5) is 27.5 Å². The van der Waals surface area contributed by atoms with Crippen molar-refractivity contribution in [2.24, 2.45) is 0 Å². The number of phenolic OH excluding ortho intramolecular Hbond substituents is 1. The van der Waals surface area contributed by atoms with E-state index in [1.54, 1.807) is 12.1 Å². The largest absolute Gasteiger partial charge is 0.508 e. The standard InChI is InChI=1S/C18H15FN6O/c1-10-14-8-12(5-6-16(14)25-24-10)22-18-20-9-15(19)17(23-18)21-11-3-2-4-13(26)7-11/h2-9,26H,1H3,(H,24,25)(H2,20,21,22,23). The van der Waals surface area contributed by atoms with E-state index < -0.39 is 5.82 Å². The number of aromatic hydroxyl groups is 1. The van der Waals surface area contributed by atoms with Crippen molar-refractivity contribution in [3.63, 3.8) is 0 Å². The van der Waals surface area contributed by atoms with Gasteiger partial charge in [-0.1, -0.05) is 6.07 Å². The molecule has 130 valence electrons. The number of hydrogen-bond acceptors (Lipinski definition) is 6. The molecule has 8 heteroatoms. The van der Waals surface area contributed by atoms with E-state index in [1.165, 1.54) is 12.1 Å². The van der Waals surface area contributed by atoms with Crippen LogP contribution in [0.5, 0.6) is 5.75 Å². The second-order valence-electron chi connectivity index (χ2n) is 5.77. The minimum Gasteiger partial charge on any atom is -0.508 e. The van der Waals surface area contributed by atoms with Gasteiger partial charge in [-0.15, -0.1) is 0 Å². The molecule has 4 aromatic rings. The molecule has 4 rings (SSSR count). The number of rotatable bonds is 4. The second-order valence-corrected chi connectivity index (χ2v) is 5.77. The van der Waals surface area contributed by atoms with Gasteiger partial charge in [0.05, 0.1) is 11.7 Å². The van der Waals surface area contributed by atoms with Crippen LogP contribution in [0, 0.1) is 12.7 Å². The molecular weight excluding hydrogens is 335 g/mol. The number of benzene rings is 2. The summed E-state index contributed by atoms with van der Waals surface area (Å²) in [7, 11) is 0. The third-order valence-electron chi connectivity index (χ3n) is 3.85. The molecule has 0 bridgehead atoms. The highest BCUT2D eigenvalue weighted by Gasteiger charge is 2.09. The fraction of sp³-hybridized carbons (Fsp3) is 0.0556. The zero-order valence-electron chi connectivity index (χ0n) is 13.8. The van der Waals surface area contributed by atoms with Crippen molar-refractivity contribution in [3.05, 3.63) is 60.2 Å². The fourth-order valence-corrected chi connectivity index (χ4v) is 2.58. The highest BCUT2D eigenvalue weighted by atomic mass is 19.1. The summed E-state index contributed by atoms with van der Waals surface area (Å²) in [5.41, 5.74) is 3.09. The van der Waals surface area contributed by atoms with E-state index in [-0.39, 0.29) is 17.5 Å². The molecule has 0 aliphatic carbocycles. The number of anilines is 4. The van der Waals surface area contributed by atoms with Gasteiger partial charge in [0.2, 0.25) is 5.95 Å². The van der Waals surface area contributed by atoms with E-state index in [1.807, 2.05) is 25.1 Å². The summed E-state index contributed by atoms with van der Waals surface area (Å²) in [6.45, 7) is 1.94. The Morgan fingerprint density at radius 1 is 1.08 bits per heavy atom. The summed E-state index contributed by atoms with van der Waals surface area (Å²) >= 11 is 0. The first-order valence-corrected chi connectivity index (χ1v) is 7.89. The molecule has 0 radical (unpaired) electrons. The molecule has 26 heavy (non-hydrogen) atoms. The number of aryl methyl sites for hydroxylation is 1. The quantitative estimate of drug-likeness (QED) is 0.444. The van der Waals surface area contributed by atoms with Gasteiger partial charge in [-0.05, 0) is 37.3 Å². The summed E-state index contributed by atoms with van der Waals surface area (Å²) in [6, 6.07) is 12.0. The first-order valence-electron chi connectivity index (χ1n) is 7.89. The SMILES string of the molecule is Cc1[nH]nc2ccc(Nc3ncc(F)c(Nc4cccc(O)c4)n3)cc12. The molecule has 2 aromatic carbocycles. The second kappa shape index (κ2) is 6.32. The molecule has 2 heterocycles. The van der Waals surface area contributed by atoms with E-state index in [0.717, 1.165) is 28.5 Å². The van der Waals surface area contributed by atoms with Crippen molar-refractivity contribution in [2.75, 3.05) is 10.6 Å². The number of phenols is 1. The third kappa shape index (κ3) is 3.12. The van der Waals surface area contributed by atoms with E-state index in [2.05, 4.69) is 30.8 Å². The Morgan fingerprint density at radius 3 is 2.77 bits per heavy atom. The molecule has 0 unspecified atom stereocenters. The minimum absolute atomic E-state index is 0.00803. The lowest BCUT2D eigenvalue weighted by Crippen LogP contribution is -2.03. The average Bonchev–Trinajstić information content (AvgIpc) is 2.99. The van der Waals surface area contributed by atoms with Crippen molar-refractivity contribution in [1.29, 1.82) is 0 Å². The fourth-order valence-electron chi connectivity index (χ4n) is 2.58. The number of aromatic nitrogens is 4. The molecule has 0 atom stereocenters. The summed E-state index contributed by atoms with van der Waals surface area (Å²) in [5, 5.41) is 23.5. The van der Waals surface area contributed by atoms with Gasteiger partial charge < -0.3 is 15.7 Å². The predicted octanol–water partition coefficient (Wildman–Crippen LogP) is 3.99. The van der Waals surface area contributed by atoms with Crippen molar-refractivity contribution in [1.82, 2.24) is 20.2 Å². The average molecular weight is 350 g/mol. The number of nitrogens with zero attached hydrogens (tertiary/aromatic N) is 3. The normalized spacial score (nSPS) is 10.8. The van der Waals surface area contributed by atoms with Crippen LogP contribution in [0.25, 0.3) is 10.9 Å². The van der Waals surface area contributed by atoms with Gasteiger partial charge in [-0.25, -0.2) is 9.37 Å². The van der Waals surface area contributed by atoms with Gasteiger partial charge in [0.25, 0.3) is 0 Å². The van der Waals surface area contributed by atoms with Gasteiger partial charge in [-0.2, -0.15) is 10.1 Å². The van der Waals surface area contributed by atoms with Crippen LogP contribution in [0.15, 0.2) is 48.7 Å². The molecule has 7 nitrogen and oxygen atoms in total. The molecule has 0 aliphatic rings. The van der Waals surface area contributed by atoms with Crippen molar-refractivity contribution < 1.29 is 9.50 Å². The molecule has 0 spiro atoms. The van der Waals surface area contributed by atoms with Crippen molar-refractivity contribution in [2.45, 2.75) is 6.92 Å². The minimum atomic E-state index is -0.597. The third-order valence-corrected chi connectivity index (χ3v) is 3.85. The summed E-state index contributed by atoms with van der Waals surface area (Å²) < 4.78 is 14.0. The van der Waals surface area contributed by atoms with Crippen LogP contribution in [-0.2, 0) is 0 Å². The Morgan fingerprint density at radius 2 is 1.92 bits per heavy atom. The van der Waals surface area contributed by atoms with Gasteiger partial charge in [0.15, 0.2) is 11.6 Å². The van der Waals surface area contributed by atoms with Gasteiger partial charge >= 0.3 is 0 Å². The maximum Gasteiger partial charge on any atom is 0.229 e. The number of fused-ring (bicyclic) bond motifs is 1. The first-order chi connectivity index (χ1) is 12.6. The Kier molecular flexibility index (Phi) is 3.85. The number of halogens is 1. The number of H-pyrrole nitrogens is 1. The monoisotopic (exact) mass is 350 g/mol. The van der Waals surface area contributed by atoms with Crippen LogP contribution in [0.1, 0.15) is 5.69 Å². The lowest BCUT2D eigenvalue weighted by atomic mass is 10.2. The highest BCUT2D eigenvalue weighted by molar-refractivity contribution is 5.85. The Bertz CT molecular complexity index is 1090. The number of nitrogens with one attached hydrogen (secondary N) is 3. The molecule has 2 aromatic heterocycles. The molecule has 0 saturated carbocycles. The Labute approximate surface area is 147 Å². The lowest BCUT2D eigenvalue weighted by Gasteiger charge is -2.10. The zero-order chi connectivity index (χ0) is 18.1. The maximum absolute atomic E-state index is 14.0.